The average Bonchev–Trinajstić information content (AvgIpc) is 2.97. The number of halogens is 1. The smallest absolute Gasteiger partial charge is 0.290 e. The van der Waals surface area contributed by atoms with E-state index in [1.54, 1.807) is 29.0 Å². The topological polar surface area (TPSA) is 74.5 Å². The number of nitriles is 1. The lowest BCUT2D eigenvalue weighted by molar-refractivity contribution is 0.627. The number of imidazole rings is 1. The van der Waals surface area contributed by atoms with Gasteiger partial charge >= 0.3 is 5.69 Å². The highest BCUT2D eigenvalue weighted by molar-refractivity contribution is 5.79. The lowest BCUT2D eigenvalue weighted by atomic mass is 10.0. The van der Waals surface area contributed by atoms with Gasteiger partial charge in [0.05, 0.1) is 23.7 Å². The molecule has 0 aliphatic heterocycles. The first-order valence-electron chi connectivity index (χ1n) is 8.40. The van der Waals surface area contributed by atoms with Crippen LogP contribution in [-0.2, 0) is 6.54 Å². The van der Waals surface area contributed by atoms with E-state index in [1.807, 2.05) is 25.1 Å². The van der Waals surface area contributed by atoms with Gasteiger partial charge in [-0.25, -0.2) is 14.2 Å². The molecule has 2 aromatic heterocycles. The number of aromatic nitrogens is 3. The molecule has 0 saturated heterocycles. The average molecular weight is 358 g/mol. The van der Waals surface area contributed by atoms with Crippen molar-refractivity contribution in [1.29, 1.82) is 5.26 Å². The van der Waals surface area contributed by atoms with E-state index < -0.39 is 0 Å². The van der Waals surface area contributed by atoms with Gasteiger partial charge in [-0.3, -0.25) is 9.55 Å². The Balaban J connectivity index is 1.85. The first kappa shape index (κ1) is 16.7. The lowest BCUT2D eigenvalue weighted by Crippen LogP contribution is -2.17. The minimum absolute atomic E-state index is 0.260. The molecule has 0 atom stereocenters. The number of hydrogen-bond donors (Lipinski definition) is 1. The van der Waals surface area contributed by atoms with Crippen LogP contribution in [0.3, 0.4) is 0 Å². The maximum absolute atomic E-state index is 13.4. The summed E-state index contributed by atoms with van der Waals surface area (Å²) in [5.41, 5.74) is 4.52. The van der Waals surface area contributed by atoms with E-state index in [0.29, 0.717) is 16.7 Å². The van der Waals surface area contributed by atoms with E-state index in [2.05, 4.69) is 16.0 Å². The number of aromatic amines is 1. The van der Waals surface area contributed by atoms with Crippen LogP contribution in [0.25, 0.3) is 22.3 Å². The van der Waals surface area contributed by atoms with Crippen LogP contribution in [0.5, 0.6) is 0 Å². The molecule has 0 aliphatic carbocycles. The van der Waals surface area contributed by atoms with E-state index in [4.69, 9.17) is 0 Å². The Kier molecular flexibility index (Phi) is 4.05. The Bertz CT molecular complexity index is 1260. The minimum atomic E-state index is -0.294. The number of rotatable bonds is 3. The third-order valence-corrected chi connectivity index (χ3v) is 4.59. The maximum atomic E-state index is 13.4. The van der Waals surface area contributed by atoms with Crippen molar-refractivity contribution < 1.29 is 4.39 Å². The molecule has 0 aliphatic rings. The summed E-state index contributed by atoms with van der Waals surface area (Å²) in [6.45, 7) is 2.09. The summed E-state index contributed by atoms with van der Waals surface area (Å²) >= 11 is 0. The standard InChI is InChI=1S/C21H15FN4O/c1-13-8-17(22)6-7-18(13)16-9-19-20(24-11-16)25-21(27)26(19)12-15-5-3-2-4-14(15)10-23/h2-9,11H,12H2,1H3,(H,24,25,27). The third kappa shape index (κ3) is 3.00. The second-order valence-electron chi connectivity index (χ2n) is 6.34. The summed E-state index contributed by atoms with van der Waals surface area (Å²) in [6.07, 6.45) is 1.66. The van der Waals surface area contributed by atoms with Gasteiger partial charge in [0.15, 0.2) is 5.65 Å². The molecule has 4 rings (SSSR count). The molecular formula is C21H15FN4O. The van der Waals surface area contributed by atoms with Gasteiger partial charge in [-0.1, -0.05) is 24.3 Å². The van der Waals surface area contributed by atoms with Crippen LogP contribution in [0.4, 0.5) is 4.39 Å². The van der Waals surface area contributed by atoms with Crippen LogP contribution in [0, 0.1) is 24.1 Å². The zero-order valence-electron chi connectivity index (χ0n) is 14.5. The van der Waals surface area contributed by atoms with Gasteiger partial charge in [-0.05, 0) is 47.9 Å². The summed E-state index contributed by atoms with van der Waals surface area (Å²) < 4.78 is 15.0. The molecule has 132 valence electrons. The first-order valence-corrected chi connectivity index (χ1v) is 8.40. The van der Waals surface area contributed by atoms with Crippen molar-refractivity contribution in [1.82, 2.24) is 14.5 Å². The summed E-state index contributed by atoms with van der Waals surface area (Å²) in [5.74, 6) is -0.294. The summed E-state index contributed by atoms with van der Waals surface area (Å²) in [7, 11) is 0. The molecule has 2 heterocycles. The minimum Gasteiger partial charge on any atom is -0.290 e. The van der Waals surface area contributed by atoms with Crippen molar-refractivity contribution >= 4 is 11.2 Å². The Morgan fingerprint density at radius 1 is 1.22 bits per heavy atom. The molecule has 0 radical (unpaired) electrons. The number of benzene rings is 2. The monoisotopic (exact) mass is 358 g/mol. The number of hydrogen-bond acceptors (Lipinski definition) is 3. The molecule has 2 aromatic carbocycles. The Morgan fingerprint density at radius 2 is 2.04 bits per heavy atom. The molecule has 0 saturated carbocycles. The third-order valence-electron chi connectivity index (χ3n) is 4.59. The molecule has 27 heavy (non-hydrogen) atoms. The second kappa shape index (κ2) is 6.54. The highest BCUT2D eigenvalue weighted by Crippen LogP contribution is 2.26. The number of nitrogens with one attached hydrogen (secondary N) is 1. The molecule has 0 bridgehead atoms. The number of nitrogens with zero attached hydrogens (tertiary/aromatic N) is 3. The molecule has 6 heteroatoms. The largest absolute Gasteiger partial charge is 0.327 e. The normalized spacial score (nSPS) is 10.9. The van der Waals surface area contributed by atoms with Crippen molar-refractivity contribution in [2.24, 2.45) is 0 Å². The van der Waals surface area contributed by atoms with E-state index in [-0.39, 0.29) is 18.1 Å². The number of pyridine rings is 1. The molecule has 0 amide bonds. The van der Waals surface area contributed by atoms with E-state index in [1.165, 1.54) is 12.1 Å². The van der Waals surface area contributed by atoms with E-state index >= 15 is 0 Å². The van der Waals surface area contributed by atoms with Crippen molar-refractivity contribution in [2.45, 2.75) is 13.5 Å². The van der Waals surface area contributed by atoms with Gasteiger partial charge < -0.3 is 0 Å². The molecular weight excluding hydrogens is 343 g/mol. The van der Waals surface area contributed by atoms with Crippen LogP contribution in [0.15, 0.2) is 59.5 Å². The first-order chi connectivity index (χ1) is 13.1. The van der Waals surface area contributed by atoms with E-state index in [9.17, 15) is 14.4 Å². The summed E-state index contributed by atoms with van der Waals surface area (Å²) in [4.78, 5) is 19.5. The number of aryl methyl sites for hydroxylation is 1. The van der Waals surface area contributed by atoms with Crippen LogP contribution < -0.4 is 5.69 Å². The van der Waals surface area contributed by atoms with Crippen molar-refractivity contribution in [3.05, 3.63) is 87.7 Å². The number of fused-ring (bicyclic) bond motifs is 1. The predicted molar refractivity (Wildman–Crippen MR) is 101 cm³/mol. The molecule has 4 aromatic rings. The molecule has 1 N–H and O–H groups in total. The SMILES string of the molecule is Cc1cc(F)ccc1-c1cnc2[nH]c(=O)n(Cc3ccccc3C#N)c2c1. The van der Waals surface area contributed by atoms with Gasteiger partial charge in [0, 0.05) is 11.8 Å². The fraction of sp³-hybridized carbons (Fsp3) is 0.0952. The highest BCUT2D eigenvalue weighted by Gasteiger charge is 2.13. The van der Waals surface area contributed by atoms with Gasteiger partial charge in [0.2, 0.25) is 0 Å². The van der Waals surface area contributed by atoms with Crippen LogP contribution in [0.1, 0.15) is 16.7 Å². The fourth-order valence-electron chi connectivity index (χ4n) is 3.23. The van der Waals surface area contributed by atoms with Crippen LogP contribution in [-0.4, -0.2) is 14.5 Å². The zero-order valence-corrected chi connectivity index (χ0v) is 14.5. The molecule has 0 fully saturated rings. The van der Waals surface area contributed by atoms with Crippen molar-refractivity contribution in [2.75, 3.05) is 0 Å². The Morgan fingerprint density at radius 3 is 2.81 bits per heavy atom. The maximum Gasteiger partial charge on any atom is 0.327 e. The highest BCUT2D eigenvalue weighted by atomic mass is 19.1. The van der Waals surface area contributed by atoms with Crippen LogP contribution >= 0.6 is 0 Å². The quantitative estimate of drug-likeness (QED) is 0.606. The van der Waals surface area contributed by atoms with Crippen LogP contribution in [0.2, 0.25) is 0 Å². The Labute approximate surface area is 154 Å². The van der Waals surface area contributed by atoms with E-state index in [0.717, 1.165) is 22.3 Å². The fourth-order valence-corrected chi connectivity index (χ4v) is 3.23. The second-order valence-corrected chi connectivity index (χ2v) is 6.34. The van der Waals surface area contributed by atoms with Crippen molar-refractivity contribution in [3.8, 4) is 17.2 Å². The summed E-state index contributed by atoms with van der Waals surface area (Å²) in [5, 5.41) is 9.29. The molecule has 5 nitrogen and oxygen atoms in total. The van der Waals surface area contributed by atoms with Gasteiger partial charge in [0.25, 0.3) is 0 Å². The Hall–Kier alpha value is -3.72. The number of H-pyrrole nitrogens is 1. The van der Waals surface area contributed by atoms with Gasteiger partial charge in [0.1, 0.15) is 5.82 Å². The molecule has 0 unspecified atom stereocenters. The molecule has 0 spiro atoms. The van der Waals surface area contributed by atoms with Gasteiger partial charge in [-0.2, -0.15) is 5.26 Å². The summed E-state index contributed by atoms with van der Waals surface area (Å²) in [6, 6.07) is 15.7. The van der Waals surface area contributed by atoms with Crippen molar-refractivity contribution in [3.63, 3.8) is 0 Å². The zero-order chi connectivity index (χ0) is 19.0. The van der Waals surface area contributed by atoms with Gasteiger partial charge in [-0.15, -0.1) is 0 Å². The predicted octanol–water partition coefficient (Wildman–Crippen LogP) is 3.76. The lowest BCUT2D eigenvalue weighted by Gasteiger charge is -2.08.